The maximum Gasteiger partial charge on any atom is 0.130 e. The van der Waals surface area contributed by atoms with Gasteiger partial charge in [-0.3, -0.25) is 0 Å². The zero-order valence-electron chi connectivity index (χ0n) is 9.00. The van der Waals surface area contributed by atoms with Crippen molar-refractivity contribution in [3.05, 3.63) is 0 Å². The highest BCUT2D eigenvalue weighted by molar-refractivity contribution is 7.99. The molecular weight excluding hydrogens is 192 g/mol. The fourth-order valence-corrected chi connectivity index (χ4v) is 4.08. The van der Waals surface area contributed by atoms with E-state index in [0.29, 0.717) is 5.78 Å². The quantitative estimate of drug-likeness (QED) is 0.715. The molecule has 0 aromatic heterocycles. The largest absolute Gasteiger partial charge is 0.300 e. The Balaban J connectivity index is 1.68. The first-order valence-corrected chi connectivity index (χ1v) is 6.98. The molecule has 80 valence electrons. The molecule has 1 aliphatic heterocycles. The summed E-state index contributed by atoms with van der Waals surface area (Å²) in [6.45, 7) is 1.73. The molecule has 2 rings (SSSR count). The van der Waals surface area contributed by atoms with Crippen LogP contribution < -0.4 is 0 Å². The van der Waals surface area contributed by atoms with Crippen molar-refractivity contribution in [2.75, 3.05) is 11.5 Å². The number of carbonyl (C=O) groups is 1. The Kier molecular flexibility index (Phi) is 3.53. The molecular formula is C12H20OS. The SMILES string of the molecule is CC(=O)CC1CC(C2CCSCC2)C1. The van der Waals surface area contributed by atoms with Crippen molar-refractivity contribution in [3.63, 3.8) is 0 Å². The van der Waals surface area contributed by atoms with Gasteiger partial charge in [0.25, 0.3) is 0 Å². The van der Waals surface area contributed by atoms with Crippen LogP contribution in [0.15, 0.2) is 0 Å². The molecule has 0 radical (unpaired) electrons. The highest BCUT2D eigenvalue weighted by atomic mass is 32.2. The second-order valence-electron chi connectivity index (χ2n) is 4.95. The fraction of sp³-hybridized carbons (Fsp3) is 0.917. The van der Waals surface area contributed by atoms with Gasteiger partial charge in [0.15, 0.2) is 0 Å². The summed E-state index contributed by atoms with van der Waals surface area (Å²) in [6, 6.07) is 0. The lowest BCUT2D eigenvalue weighted by atomic mass is 9.65. The van der Waals surface area contributed by atoms with E-state index >= 15 is 0 Å². The molecule has 1 saturated carbocycles. The van der Waals surface area contributed by atoms with Gasteiger partial charge in [-0.25, -0.2) is 0 Å². The van der Waals surface area contributed by atoms with Crippen molar-refractivity contribution >= 4 is 17.5 Å². The molecule has 2 fully saturated rings. The Bertz CT molecular complexity index is 202. The number of Topliss-reactive ketones (excluding diaryl/α,β-unsaturated/α-hetero) is 1. The predicted molar refractivity (Wildman–Crippen MR) is 61.6 cm³/mol. The summed E-state index contributed by atoms with van der Waals surface area (Å²) in [6.07, 6.45) is 6.39. The highest BCUT2D eigenvalue weighted by Crippen LogP contribution is 2.45. The molecule has 1 nitrogen and oxygen atoms in total. The molecule has 0 aromatic rings. The molecule has 0 atom stereocenters. The zero-order chi connectivity index (χ0) is 9.97. The van der Waals surface area contributed by atoms with E-state index in [9.17, 15) is 4.79 Å². The summed E-state index contributed by atoms with van der Waals surface area (Å²) in [5.41, 5.74) is 0. The molecule has 0 amide bonds. The van der Waals surface area contributed by atoms with Crippen molar-refractivity contribution < 1.29 is 4.79 Å². The summed E-state index contributed by atoms with van der Waals surface area (Å²) >= 11 is 2.11. The molecule has 1 aliphatic carbocycles. The summed E-state index contributed by atoms with van der Waals surface area (Å²) in [5, 5.41) is 0. The van der Waals surface area contributed by atoms with Gasteiger partial charge in [-0.15, -0.1) is 0 Å². The number of hydrogen-bond acceptors (Lipinski definition) is 2. The average molecular weight is 212 g/mol. The standard InChI is InChI=1S/C12H20OS/c1-9(13)6-10-7-12(8-10)11-2-4-14-5-3-11/h10-12H,2-8H2,1H3. The summed E-state index contributed by atoms with van der Waals surface area (Å²) < 4.78 is 0. The minimum absolute atomic E-state index is 0.382. The summed E-state index contributed by atoms with van der Waals surface area (Å²) in [5.74, 6) is 5.84. The third-order valence-corrected chi connectivity index (χ3v) is 4.83. The molecule has 1 saturated heterocycles. The Morgan fingerprint density at radius 1 is 1.21 bits per heavy atom. The summed E-state index contributed by atoms with van der Waals surface area (Å²) in [4.78, 5) is 10.9. The molecule has 2 heteroatoms. The van der Waals surface area contributed by atoms with Gasteiger partial charge in [0.1, 0.15) is 5.78 Å². The molecule has 0 unspecified atom stereocenters. The van der Waals surface area contributed by atoms with Crippen LogP contribution in [0.25, 0.3) is 0 Å². The van der Waals surface area contributed by atoms with E-state index in [1.807, 2.05) is 0 Å². The van der Waals surface area contributed by atoms with E-state index in [4.69, 9.17) is 0 Å². The topological polar surface area (TPSA) is 17.1 Å². The Morgan fingerprint density at radius 2 is 1.86 bits per heavy atom. The van der Waals surface area contributed by atoms with Crippen LogP contribution in [0, 0.1) is 17.8 Å². The number of rotatable bonds is 3. The first-order valence-electron chi connectivity index (χ1n) is 5.83. The molecule has 0 bridgehead atoms. The average Bonchev–Trinajstić information content (AvgIpc) is 2.12. The Morgan fingerprint density at radius 3 is 2.43 bits per heavy atom. The molecule has 2 aliphatic rings. The molecule has 0 aromatic carbocycles. The van der Waals surface area contributed by atoms with Gasteiger partial charge in [-0.05, 0) is 61.9 Å². The van der Waals surface area contributed by atoms with E-state index < -0.39 is 0 Å². The number of hydrogen-bond donors (Lipinski definition) is 0. The van der Waals surface area contributed by atoms with Crippen LogP contribution in [0.1, 0.15) is 39.0 Å². The lowest BCUT2D eigenvalue weighted by molar-refractivity contribution is -0.119. The predicted octanol–water partition coefficient (Wildman–Crippen LogP) is 3.13. The Labute approximate surface area is 91.0 Å². The maximum atomic E-state index is 10.9. The zero-order valence-corrected chi connectivity index (χ0v) is 9.81. The van der Waals surface area contributed by atoms with E-state index in [2.05, 4.69) is 11.8 Å². The maximum absolute atomic E-state index is 10.9. The van der Waals surface area contributed by atoms with E-state index in [-0.39, 0.29) is 0 Å². The monoisotopic (exact) mass is 212 g/mol. The minimum atomic E-state index is 0.382. The van der Waals surface area contributed by atoms with Crippen LogP contribution in [0.4, 0.5) is 0 Å². The van der Waals surface area contributed by atoms with E-state index in [0.717, 1.165) is 24.2 Å². The van der Waals surface area contributed by atoms with Gasteiger partial charge in [0.05, 0.1) is 0 Å². The van der Waals surface area contributed by atoms with Crippen molar-refractivity contribution in [1.29, 1.82) is 0 Å². The fourth-order valence-electron chi connectivity index (χ4n) is 2.93. The third-order valence-electron chi connectivity index (χ3n) is 3.78. The van der Waals surface area contributed by atoms with Gasteiger partial charge in [-0.2, -0.15) is 11.8 Å². The highest BCUT2D eigenvalue weighted by Gasteiger charge is 2.35. The van der Waals surface area contributed by atoms with Crippen LogP contribution in [0.2, 0.25) is 0 Å². The van der Waals surface area contributed by atoms with E-state index in [1.165, 1.54) is 37.2 Å². The molecule has 0 N–H and O–H groups in total. The van der Waals surface area contributed by atoms with Gasteiger partial charge in [0, 0.05) is 6.42 Å². The molecule has 0 spiro atoms. The number of thioether (sulfide) groups is 1. The molecule has 1 heterocycles. The van der Waals surface area contributed by atoms with E-state index in [1.54, 1.807) is 6.92 Å². The molecule has 14 heavy (non-hydrogen) atoms. The minimum Gasteiger partial charge on any atom is -0.300 e. The van der Waals surface area contributed by atoms with Gasteiger partial charge in [0.2, 0.25) is 0 Å². The first kappa shape index (κ1) is 10.5. The van der Waals surface area contributed by atoms with Gasteiger partial charge >= 0.3 is 0 Å². The van der Waals surface area contributed by atoms with Crippen LogP contribution in [0.3, 0.4) is 0 Å². The Hall–Kier alpha value is 0.0200. The number of carbonyl (C=O) groups excluding carboxylic acids is 1. The number of ketones is 1. The van der Waals surface area contributed by atoms with Crippen LogP contribution in [0.5, 0.6) is 0 Å². The third kappa shape index (κ3) is 2.53. The van der Waals surface area contributed by atoms with Crippen molar-refractivity contribution in [2.24, 2.45) is 17.8 Å². The van der Waals surface area contributed by atoms with Crippen molar-refractivity contribution in [1.82, 2.24) is 0 Å². The second-order valence-corrected chi connectivity index (χ2v) is 6.18. The van der Waals surface area contributed by atoms with Crippen LogP contribution in [-0.4, -0.2) is 17.3 Å². The normalized spacial score (nSPS) is 33.8. The van der Waals surface area contributed by atoms with Crippen LogP contribution >= 0.6 is 11.8 Å². The first-order chi connectivity index (χ1) is 6.75. The lowest BCUT2D eigenvalue weighted by Gasteiger charge is -2.41. The smallest absolute Gasteiger partial charge is 0.130 e. The van der Waals surface area contributed by atoms with Crippen LogP contribution in [-0.2, 0) is 4.79 Å². The lowest BCUT2D eigenvalue weighted by Crippen LogP contribution is -2.33. The van der Waals surface area contributed by atoms with Gasteiger partial charge in [-0.1, -0.05) is 0 Å². The summed E-state index contributed by atoms with van der Waals surface area (Å²) in [7, 11) is 0. The van der Waals surface area contributed by atoms with Crippen molar-refractivity contribution in [2.45, 2.75) is 39.0 Å². The van der Waals surface area contributed by atoms with Crippen molar-refractivity contribution in [3.8, 4) is 0 Å². The second kappa shape index (κ2) is 4.69. The van der Waals surface area contributed by atoms with Gasteiger partial charge < -0.3 is 4.79 Å².